The number of anilines is 1. The Balaban J connectivity index is 1.43. The van der Waals surface area contributed by atoms with Crippen LogP contribution in [-0.4, -0.2) is 33.1 Å². The SMILES string of the molecule is CCN(C(N)=O)c1c(F)cccc1CC[C@]1(O)CCC2=Cc3c(cnn3-c3ccc(F)cc3)C[C@@]21C. The number of benzene rings is 2. The van der Waals surface area contributed by atoms with Gasteiger partial charge in [0, 0.05) is 12.0 Å². The monoisotopic (exact) mass is 492 g/mol. The van der Waals surface area contributed by atoms with Crippen LogP contribution in [0.25, 0.3) is 11.8 Å². The zero-order valence-electron chi connectivity index (χ0n) is 20.5. The Morgan fingerprint density at radius 1 is 1.22 bits per heavy atom. The van der Waals surface area contributed by atoms with Gasteiger partial charge < -0.3 is 10.8 Å². The maximum absolute atomic E-state index is 14.8. The molecule has 0 radical (unpaired) electrons. The minimum atomic E-state index is -1.01. The fourth-order valence-electron chi connectivity index (χ4n) is 5.95. The van der Waals surface area contributed by atoms with Crippen molar-refractivity contribution in [2.75, 3.05) is 11.4 Å². The van der Waals surface area contributed by atoms with E-state index in [0.717, 1.165) is 28.9 Å². The van der Waals surface area contributed by atoms with Gasteiger partial charge in [0.2, 0.25) is 0 Å². The van der Waals surface area contributed by atoms with Crippen LogP contribution >= 0.6 is 0 Å². The second-order valence-corrected chi connectivity index (χ2v) is 9.98. The van der Waals surface area contributed by atoms with Crippen LogP contribution in [-0.2, 0) is 12.8 Å². The smallest absolute Gasteiger partial charge is 0.319 e. The van der Waals surface area contributed by atoms with Gasteiger partial charge in [-0.3, -0.25) is 4.90 Å². The summed E-state index contributed by atoms with van der Waals surface area (Å²) in [5, 5.41) is 16.5. The lowest BCUT2D eigenvalue weighted by Crippen LogP contribution is -2.45. The molecule has 2 aliphatic carbocycles. The zero-order chi connectivity index (χ0) is 25.7. The van der Waals surface area contributed by atoms with Crippen molar-refractivity contribution < 1.29 is 18.7 Å². The van der Waals surface area contributed by atoms with Gasteiger partial charge in [0.05, 0.1) is 28.9 Å². The molecule has 8 heteroatoms. The summed E-state index contributed by atoms with van der Waals surface area (Å²) >= 11 is 0. The van der Waals surface area contributed by atoms with E-state index in [4.69, 9.17) is 5.73 Å². The van der Waals surface area contributed by atoms with E-state index in [1.807, 2.05) is 6.20 Å². The number of rotatable bonds is 6. The van der Waals surface area contributed by atoms with Crippen molar-refractivity contribution in [2.45, 2.75) is 51.6 Å². The molecule has 1 fully saturated rings. The summed E-state index contributed by atoms with van der Waals surface area (Å²) in [6.45, 7) is 4.08. The lowest BCUT2D eigenvalue weighted by molar-refractivity contribution is -0.0461. The van der Waals surface area contributed by atoms with E-state index in [9.17, 15) is 18.7 Å². The van der Waals surface area contributed by atoms with Crippen LogP contribution in [0.3, 0.4) is 0 Å². The molecular formula is C28H30F2N4O2. The first-order chi connectivity index (χ1) is 17.2. The van der Waals surface area contributed by atoms with E-state index in [1.54, 1.807) is 35.9 Å². The Labute approximate surface area is 209 Å². The molecule has 1 saturated carbocycles. The second-order valence-electron chi connectivity index (χ2n) is 9.98. The van der Waals surface area contributed by atoms with Gasteiger partial charge in [-0.25, -0.2) is 18.3 Å². The van der Waals surface area contributed by atoms with E-state index in [1.165, 1.54) is 23.1 Å². The number of nitrogens with two attached hydrogens (primary N) is 1. The number of para-hydroxylation sites is 1. The Hall–Kier alpha value is -3.52. The summed E-state index contributed by atoms with van der Waals surface area (Å²) in [4.78, 5) is 13.2. The third kappa shape index (κ3) is 3.80. The molecule has 0 bridgehead atoms. The number of carbonyl (C=O) groups is 1. The number of amides is 2. The molecule has 0 saturated heterocycles. The van der Waals surface area contributed by atoms with Gasteiger partial charge >= 0.3 is 6.03 Å². The van der Waals surface area contributed by atoms with Gasteiger partial charge in [-0.15, -0.1) is 0 Å². The molecule has 3 N–H and O–H groups in total. The molecule has 6 nitrogen and oxygen atoms in total. The standard InChI is InChI=1S/C28H30F2N4O2/c1-3-33(26(31)35)25-18(5-4-6-23(25)30)11-13-28(36)14-12-20-15-24-19(16-27(20,28)2)17-32-34(24)22-9-7-21(29)8-10-22/h4-10,15,17,36H,3,11-14,16H2,1-2H3,(H2,31,35)/t27-,28-/m0/s1. The molecule has 2 aliphatic rings. The molecule has 1 heterocycles. The summed E-state index contributed by atoms with van der Waals surface area (Å²) < 4.78 is 30.0. The van der Waals surface area contributed by atoms with Crippen LogP contribution in [0.5, 0.6) is 0 Å². The third-order valence-electron chi connectivity index (χ3n) is 8.09. The van der Waals surface area contributed by atoms with Crippen LogP contribution in [0.1, 0.15) is 49.9 Å². The van der Waals surface area contributed by atoms with Gasteiger partial charge in [-0.2, -0.15) is 5.10 Å². The molecule has 36 heavy (non-hydrogen) atoms. The van der Waals surface area contributed by atoms with Gasteiger partial charge in [0.1, 0.15) is 11.6 Å². The van der Waals surface area contributed by atoms with Crippen LogP contribution in [0.4, 0.5) is 19.3 Å². The van der Waals surface area contributed by atoms with Crippen molar-refractivity contribution in [3.8, 4) is 5.69 Å². The lowest BCUT2D eigenvalue weighted by atomic mass is 9.65. The number of nitrogens with zero attached hydrogens (tertiary/aromatic N) is 3. The highest BCUT2D eigenvalue weighted by Gasteiger charge is 2.54. The predicted octanol–water partition coefficient (Wildman–Crippen LogP) is 5.16. The minimum Gasteiger partial charge on any atom is -0.389 e. The molecule has 2 atom stereocenters. The van der Waals surface area contributed by atoms with Crippen LogP contribution in [0, 0.1) is 17.0 Å². The number of aliphatic hydroxyl groups is 1. The van der Waals surface area contributed by atoms with Crippen molar-refractivity contribution >= 4 is 17.8 Å². The normalized spacial score (nSPS) is 22.6. The number of aromatic nitrogens is 2. The van der Waals surface area contributed by atoms with E-state index in [-0.39, 0.29) is 18.0 Å². The van der Waals surface area contributed by atoms with Crippen molar-refractivity contribution in [3.63, 3.8) is 0 Å². The molecule has 0 unspecified atom stereocenters. The molecule has 0 spiro atoms. The number of halogens is 2. The van der Waals surface area contributed by atoms with Gasteiger partial charge in [0.15, 0.2) is 0 Å². The number of aryl methyl sites for hydroxylation is 1. The minimum absolute atomic E-state index is 0.182. The fourth-order valence-corrected chi connectivity index (χ4v) is 5.95. The van der Waals surface area contributed by atoms with E-state index in [0.29, 0.717) is 31.2 Å². The van der Waals surface area contributed by atoms with Gasteiger partial charge in [-0.05, 0) is 86.6 Å². The number of carbonyl (C=O) groups excluding carboxylic acids is 1. The average molecular weight is 493 g/mol. The first-order valence-electron chi connectivity index (χ1n) is 12.3. The summed E-state index contributed by atoms with van der Waals surface area (Å²) in [7, 11) is 0. The number of urea groups is 1. The largest absolute Gasteiger partial charge is 0.389 e. The highest BCUT2D eigenvalue weighted by atomic mass is 19.1. The molecule has 3 aromatic rings. The molecule has 1 aromatic heterocycles. The predicted molar refractivity (Wildman–Crippen MR) is 135 cm³/mol. The summed E-state index contributed by atoms with van der Waals surface area (Å²) in [6, 6.07) is 10.2. The molecular weight excluding hydrogens is 462 g/mol. The number of primary amides is 1. The Morgan fingerprint density at radius 2 is 1.97 bits per heavy atom. The molecule has 0 aliphatic heterocycles. The van der Waals surface area contributed by atoms with Crippen molar-refractivity contribution in [1.29, 1.82) is 0 Å². The third-order valence-corrected chi connectivity index (χ3v) is 8.09. The van der Waals surface area contributed by atoms with Crippen LogP contribution in [0.15, 0.2) is 54.2 Å². The van der Waals surface area contributed by atoms with Gasteiger partial charge in [0.25, 0.3) is 0 Å². The number of hydrogen-bond acceptors (Lipinski definition) is 3. The zero-order valence-corrected chi connectivity index (χ0v) is 20.5. The quantitative estimate of drug-likeness (QED) is 0.499. The summed E-state index contributed by atoms with van der Waals surface area (Å²) in [5.74, 6) is -0.806. The molecule has 188 valence electrons. The lowest BCUT2D eigenvalue weighted by Gasteiger charge is -2.42. The molecule has 2 amide bonds. The van der Waals surface area contributed by atoms with E-state index < -0.39 is 22.9 Å². The highest BCUT2D eigenvalue weighted by molar-refractivity contribution is 5.91. The van der Waals surface area contributed by atoms with Crippen molar-refractivity contribution in [2.24, 2.45) is 11.1 Å². The Bertz CT molecular complexity index is 1350. The van der Waals surface area contributed by atoms with E-state index in [2.05, 4.69) is 18.1 Å². The summed E-state index contributed by atoms with van der Waals surface area (Å²) in [5.41, 5.74) is 8.71. The number of hydrogen-bond donors (Lipinski definition) is 2. The van der Waals surface area contributed by atoms with Crippen molar-refractivity contribution in [1.82, 2.24) is 9.78 Å². The van der Waals surface area contributed by atoms with Crippen LogP contribution in [0.2, 0.25) is 0 Å². The first kappa shape index (κ1) is 24.2. The number of fused-ring (bicyclic) bond motifs is 2. The van der Waals surface area contributed by atoms with Crippen LogP contribution < -0.4 is 10.6 Å². The molecule has 2 aromatic carbocycles. The maximum atomic E-state index is 14.8. The average Bonchev–Trinajstić information content (AvgIpc) is 3.36. The Kier molecular flexibility index (Phi) is 5.95. The first-order valence-corrected chi connectivity index (χ1v) is 12.3. The fraction of sp³-hybridized carbons (Fsp3) is 0.357. The molecule has 5 rings (SSSR count). The van der Waals surface area contributed by atoms with Gasteiger partial charge in [-0.1, -0.05) is 24.6 Å². The second kappa shape index (κ2) is 8.85. The maximum Gasteiger partial charge on any atom is 0.319 e. The van der Waals surface area contributed by atoms with Crippen molar-refractivity contribution in [3.05, 3.63) is 82.7 Å². The topological polar surface area (TPSA) is 84.4 Å². The highest BCUT2D eigenvalue weighted by Crippen LogP contribution is 2.57. The Morgan fingerprint density at radius 3 is 2.67 bits per heavy atom. The summed E-state index contributed by atoms with van der Waals surface area (Å²) in [6.07, 6.45) is 6.66. The van der Waals surface area contributed by atoms with E-state index >= 15 is 0 Å².